The number of nitro groups is 1. The van der Waals surface area contributed by atoms with Crippen molar-refractivity contribution < 1.29 is 4.92 Å². The molecule has 0 radical (unpaired) electrons. The molecule has 0 spiro atoms. The number of nitrogens with one attached hydrogen (secondary N) is 1. The molecule has 1 aliphatic heterocycles. The molecule has 2 rings (SSSR count). The molecule has 19 heavy (non-hydrogen) atoms. The number of hydrogen-bond donors (Lipinski definition) is 1. The predicted molar refractivity (Wildman–Crippen MR) is 76.9 cm³/mol. The van der Waals surface area contributed by atoms with Crippen molar-refractivity contribution in [3.8, 4) is 0 Å². The Morgan fingerprint density at radius 3 is 3.00 bits per heavy atom. The first-order chi connectivity index (χ1) is 9.11. The maximum Gasteiger partial charge on any atom is 0.271 e. The van der Waals surface area contributed by atoms with E-state index in [0.717, 1.165) is 25.3 Å². The highest BCUT2D eigenvalue weighted by Gasteiger charge is 2.22. The van der Waals surface area contributed by atoms with Crippen LogP contribution in [0.2, 0.25) is 5.02 Å². The van der Waals surface area contributed by atoms with Crippen LogP contribution in [0, 0.1) is 10.1 Å². The van der Waals surface area contributed by atoms with Gasteiger partial charge >= 0.3 is 0 Å². The molecule has 1 atom stereocenters. The first-order valence-corrected chi connectivity index (χ1v) is 6.91. The smallest absolute Gasteiger partial charge is 0.271 e. The van der Waals surface area contributed by atoms with Crippen molar-refractivity contribution >= 4 is 23.0 Å². The van der Waals surface area contributed by atoms with E-state index in [-0.39, 0.29) is 5.69 Å². The molecule has 1 aromatic rings. The zero-order chi connectivity index (χ0) is 13.8. The molecule has 0 aliphatic carbocycles. The molecular weight excluding hydrogens is 266 g/mol. The fourth-order valence-corrected chi connectivity index (χ4v) is 2.77. The van der Waals surface area contributed by atoms with E-state index in [1.54, 1.807) is 6.07 Å². The Hall–Kier alpha value is -1.33. The molecule has 0 aromatic heterocycles. The number of nitrogens with zero attached hydrogens (tertiary/aromatic N) is 2. The maximum absolute atomic E-state index is 10.6. The standard InChI is InChI=1S/C13H18ClN3O2/c1-2-16-7-3-4-11(16)9-15-13-6-5-10(17(18)19)8-12(13)14/h5-6,8,11,15H,2-4,7,9H2,1H3. The lowest BCUT2D eigenvalue weighted by Gasteiger charge is -2.23. The SMILES string of the molecule is CCN1CCCC1CNc1ccc([N+](=O)[O-])cc1Cl. The number of rotatable bonds is 5. The molecule has 1 heterocycles. The molecule has 0 amide bonds. The predicted octanol–water partition coefficient (Wildman–Crippen LogP) is 3.14. The molecule has 104 valence electrons. The van der Waals surface area contributed by atoms with Crippen LogP contribution in [-0.4, -0.2) is 35.5 Å². The summed E-state index contributed by atoms with van der Waals surface area (Å²) in [5.41, 5.74) is 0.779. The largest absolute Gasteiger partial charge is 0.382 e. The maximum atomic E-state index is 10.6. The molecular formula is C13H18ClN3O2. The van der Waals surface area contributed by atoms with E-state index >= 15 is 0 Å². The van der Waals surface area contributed by atoms with Crippen molar-refractivity contribution in [3.63, 3.8) is 0 Å². The Kier molecular flexibility index (Phi) is 4.61. The van der Waals surface area contributed by atoms with Gasteiger partial charge in [0.15, 0.2) is 0 Å². The van der Waals surface area contributed by atoms with Crippen LogP contribution in [0.4, 0.5) is 11.4 Å². The van der Waals surface area contributed by atoms with E-state index < -0.39 is 4.92 Å². The monoisotopic (exact) mass is 283 g/mol. The molecule has 0 bridgehead atoms. The van der Waals surface area contributed by atoms with Gasteiger partial charge in [-0.2, -0.15) is 0 Å². The summed E-state index contributed by atoms with van der Waals surface area (Å²) in [6, 6.07) is 5.05. The highest BCUT2D eigenvalue weighted by atomic mass is 35.5. The van der Waals surface area contributed by atoms with E-state index in [1.807, 2.05) is 0 Å². The van der Waals surface area contributed by atoms with Crippen molar-refractivity contribution in [3.05, 3.63) is 33.3 Å². The minimum absolute atomic E-state index is 0.0200. The Morgan fingerprint density at radius 1 is 1.58 bits per heavy atom. The average Bonchev–Trinajstić information content (AvgIpc) is 2.84. The number of hydrogen-bond acceptors (Lipinski definition) is 4. The summed E-state index contributed by atoms with van der Waals surface area (Å²) in [5.74, 6) is 0. The minimum atomic E-state index is -0.439. The van der Waals surface area contributed by atoms with Crippen LogP contribution in [-0.2, 0) is 0 Å². The second kappa shape index (κ2) is 6.21. The molecule has 1 fully saturated rings. The van der Waals surface area contributed by atoms with Gasteiger partial charge in [0.05, 0.1) is 15.6 Å². The Morgan fingerprint density at radius 2 is 2.37 bits per heavy atom. The molecule has 6 heteroatoms. The van der Waals surface area contributed by atoms with Crippen LogP contribution in [0.15, 0.2) is 18.2 Å². The van der Waals surface area contributed by atoms with Crippen LogP contribution < -0.4 is 5.32 Å². The molecule has 1 unspecified atom stereocenters. The summed E-state index contributed by atoms with van der Waals surface area (Å²) in [6.07, 6.45) is 2.42. The van der Waals surface area contributed by atoms with Gasteiger partial charge in [-0.05, 0) is 32.0 Å². The Balaban J connectivity index is 1.98. The lowest BCUT2D eigenvalue weighted by molar-refractivity contribution is -0.384. The van der Waals surface area contributed by atoms with Crippen molar-refractivity contribution in [1.29, 1.82) is 0 Å². The number of anilines is 1. The summed E-state index contributed by atoms with van der Waals surface area (Å²) >= 11 is 6.05. The highest BCUT2D eigenvalue weighted by Crippen LogP contribution is 2.27. The Labute approximate surface area is 117 Å². The number of halogens is 1. The summed E-state index contributed by atoms with van der Waals surface area (Å²) in [6.45, 7) is 5.19. The molecule has 0 saturated carbocycles. The lowest BCUT2D eigenvalue weighted by atomic mass is 10.2. The second-order valence-corrected chi connectivity index (χ2v) is 5.13. The summed E-state index contributed by atoms with van der Waals surface area (Å²) in [4.78, 5) is 12.6. The van der Waals surface area contributed by atoms with Crippen LogP contribution in [0.1, 0.15) is 19.8 Å². The van der Waals surface area contributed by atoms with Crippen LogP contribution >= 0.6 is 11.6 Å². The summed E-state index contributed by atoms with van der Waals surface area (Å²) < 4.78 is 0. The average molecular weight is 284 g/mol. The quantitative estimate of drug-likeness (QED) is 0.666. The number of benzene rings is 1. The van der Waals surface area contributed by atoms with E-state index in [9.17, 15) is 10.1 Å². The van der Waals surface area contributed by atoms with Gasteiger partial charge in [0.2, 0.25) is 0 Å². The number of likely N-dealkylation sites (N-methyl/N-ethyl adjacent to an activating group) is 1. The number of non-ortho nitro benzene ring substituents is 1. The third-order valence-electron chi connectivity index (χ3n) is 3.60. The van der Waals surface area contributed by atoms with Crippen molar-refractivity contribution in [2.24, 2.45) is 0 Å². The minimum Gasteiger partial charge on any atom is -0.382 e. The number of nitro benzene ring substituents is 1. The molecule has 1 N–H and O–H groups in total. The normalized spacial score (nSPS) is 19.6. The molecule has 5 nitrogen and oxygen atoms in total. The third kappa shape index (κ3) is 3.36. The van der Waals surface area contributed by atoms with Gasteiger partial charge in [-0.3, -0.25) is 15.0 Å². The molecule has 1 saturated heterocycles. The van der Waals surface area contributed by atoms with Gasteiger partial charge in [-0.25, -0.2) is 0 Å². The van der Waals surface area contributed by atoms with E-state index in [2.05, 4.69) is 17.1 Å². The van der Waals surface area contributed by atoms with Crippen molar-refractivity contribution in [1.82, 2.24) is 4.90 Å². The molecule has 1 aliphatic rings. The van der Waals surface area contributed by atoms with Gasteiger partial charge in [-0.15, -0.1) is 0 Å². The molecule has 1 aromatic carbocycles. The fraction of sp³-hybridized carbons (Fsp3) is 0.538. The van der Waals surface area contributed by atoms with Crippen molar-refractivity contribution in [2.45, 2.75) is 25.8 Å². The summed E-state index contributed by atoms with van der Waals surface area (Å²) in [7, 11) is 0. The van der Waals surface area contributed by atoms with Crippen LogP contribution in [0.3, 0.4) is 0 Å². The summed E-state index contributed by atoms with van der Waals surface area (Å²) in [5, 5.41) is 14.3. The van der Waals surface area contributed by atoms with E-state index in [0.29, 0.717) is 11.1 Å². The first kappa shape index (κ1) is 14.1. The van der Waals surface area contributed by atoms with Gasteiger partial charge in [0.1, 0.15) is 0 Å². The van der Waals surface area contributed by atoms with E-state index in [4.69, 9.17) is 11.6 Å². The second-order valence-electron chi connectivity index (χ2n) is 4.73. The van der Waals surface area contributed by atoms with E-state index in [1.165, 1.54) is 25.0 Å². The van der Waals surface area contributed by atoms with Gasteiger partial charge in [0.25, 0.3) is 5.69 Å². The van der Waals surface area contributed by atoms with Crippen LogP contribution in [0.5, 0.6) is 0 Å². The van der Waals surface area contributed by atoms with Crippen molar-refractivity contribution in [2.75, 3.05) is 25.0 Å². The zero-order valence-electron chi connectivity index (χ0n) is 10.9. The van der Waals surface area contributed by atoms with Gasteiger partial charge in [-0.1, -0.05) is 18.5 Å². The Bertz CT molecular complexity index is 467. The van der Waals surface area contributed by atoms with Crippen LogP contribution in [0.25, 0.3) is 0 Å². The fourth-order valence-electron chi connectivity index (χ4n) is 2.53. The highest BCUT2D eigenvalue weighted by molar-refractivity contribution is 6.33. The topological polar surface area (TPSA) is 58.4 Å². The number of likely N-dealkylation sites (tertiary alicyclic amines) is 1. The van der Waals surface area contributed by atoms with Gasteiger partial charge in [0, 0.05) is 24.7 Å². The first-order valence-electron chi connectivity index (χ1n) is 6.53. The third-order valence-corrected chi connectivity index (χ3v) is 3.91. The zero-order valence-corrected chi connectivity index (χ0v) is 11.7. The van der Waals surface area contributed by atoms with Gasteiger partial charge < -0.3 is 5.32 Å². The lowest BCUT2D eigenvalue weighted by Crippen LogP contribution is -2.34.